The number of oxime groups is 1. The zero-order valence-electron chi connectivity index (χ0n) is 5.95. The van der Waals surface area contributed by atoms with Crippen molar-refractivity contribution < 1.29 is 9.60 Å². The number of pyridine rings is 1. The highest BCUT2D eigenvalue weighted by atomic mass is 19.1. The highest BCUT2D eigenvalue weighted by Gasteiger charge is 1.97. The molecule has 11 heavy (non-hydrogen) atoms. The maximum Gasteiger partial charge on any atom is 0.215 e. The van der Waals surface area contributed by atoms with Gasteiger partial charge in [-0.15, -0.1) is 0 Å². The van der Waals surface area contributed by atoms with Gasteiger partial charge in [0.15, 0.2) is 0 Å². The van der Waals surface area contributed by atoms with Crippen LogP contribution >= 0.6 is 0 Å². The van der Waals surface area contributed by atoms with Crippen LogP contribution in [-0.2, 0) is 0 Å². The number of aryl methyl sites for hydroxylation is 1. The van der Waals surface area contributed by atoms with Crippen LogP contribution in [0.25, 0.3) is 0 Å². The zero-order chi connectivity index (χ0) is 8.27. The molecule has 0 atom stereocenters. The molecule has 0 aliphatic rings. The Labute approximate surface area is 63.2 Å². The fourth-order valence-electron chi connectivity index (χ4n) is 0.717. The van der Waals surface area contributed by atoms with E-state index < -0.39 is 5.95 Å². The molecular formula is C7H7FN2O. The number of nitrogens with zero attached hydrogens (tertiary/aromatic N) is 2. The first-order valence-corrected chi connectivity index (χ1v) is 3.03. The van der Waals surface area contributed by atoms with Crippen molar-refractivity contribution in [2.45, 2.75) is 6.92 Å². The fourth-order valence-corrected chi connectivity index (χ4v) is 0.717. The third kappa shape index (κ3) is 1.73. The lowest BCUT2D eigenvalue weighted by Crippen LogP contribution is -1.91. The first kappa shape index (κ1) is 7.65. The first-order valence-electron chi connectivity index (χ1n) is 3.03. The zero-order valence-corrected chi connectivity index (χ0v) is 5.95. The monoisotopic (exact) mass is 154 g/mol. The van der Waals surface area contributed by atoms with Crippen molar-refractivity contribution in [3.05, 3.63) is 29.3 Å². The van der Waals surface area contributed by atoms with E-state index in [0.717, 1.165) is 0 Å². The summed E-state index contributed by atoms with van der Waals surface area (Å²) in [6.07, 6.45) is 2.49. The van der Waals surface area contributed by atoms with Gasteiger partial charge in [0.2, 0.25) is 5.95 Å². The molecule has 0 radical (unpaired) electrons. The molecule has 0 amide bonds. The molecule has 0 saturated carbocycles. The van der Waals surface area contributed by atoms with Crippen LogP contribution in [0.2, 0.25) is 0 Å². The van der Waals surface area contributed by atoms with Crippen molar-refractivity contribution in [2.75, 3.05) is 0 Å². The lowest BCUT2D eigenvalue weighted by Gasteiger charge is -1.94. The maximum atomic E-state index is 12.5. The van der Waals surface area contributed by atoms with E-state index in [4.69, 9.17) is 5.21 Å². The molecule has 1 aromatic rings. The molecule has 4 heteroatoms. The first-order chi connectivity index (χ1) is 5.24. The second-order valence-electron chi connectivity index (χ2n) is 2.12. The quantitative estimate of drug-likeness (QED) is 0.287. The van der Waals surface area contributed by atoms with Crippen LogP contribution < -0.4 is 0 Å². The van der Waals surface area contributed by atoms with E-state index in [1.165, 1.54) is 12.4 Å². The largest absolute Gasteiger partial charge is 0.411 e. The Morgan fingerprint density at radius 1 is 1.73 bits per heavy atom. The predicted octanol–water partition coefficient (Wildman–Crippen LogP) is 1.34. The van der Waals surface area contributed by atoms with Gasteiger partial charge in [-0.05, 0) is 13.0 Å². The predicted molar refractivity (Wildman–Crippen MR) is 38.3 cm³/mol. The third-order valence-corrected chi connectivity index (χ3v) is 1.24. The molecule has 0 spiro atoms. The summed E-state index contributed by atoms with van der Waals surface area (Å²) in [5, 5.41) is 10.9. The Hall–Kier alpha value is -1.45. The highest BCUT2D eigenvalue weighted by molar-refractivity contribution is 5.78. The van der Waals surface area contributed by atoms with Gasteiger partial charge >= 0.3 is 0 Å². The fraction of sp³-hybridized carbons (Fsp3) is 0.143. The topological polar surface area (TPSA) is 45.5 Å². The Kier molecular flexibility index (Phi) is 2.15. The SMILES string of the molecule is Cc1cc(C=NO)cnc1F. The highest BCUT2D eigenvalue weighted by Crippen LogP contribution is 2.03. The molecule has 0 aromatic carbocycles. The summed E-state index contributed by atoms with van der Waals surface area (Å²) in [5.41, 5.74) is 1.01. The van der Waals surface area contributed by atoms with Gasteiger partial charge in [-0.3, -0.25) is 0 Å². The Morgan fingerprint density at radius 2 is 2.45 bits per heavy atom. The molecule has 0 aliphatic heterocycles. The van der Waals surface area contributed by atoms with E-state index in [2.05, 4.69) is 10.1 Å². The smallest absolute Gasteiger partial charge is 0.215 e. The van der Waals surface area contributed by atoms with E-state index >= 15 is 0 Å². The summed E-state index contributed by atoms with van der Waals surface area (Å²) in [6, 6.07) is 1.54. The minimum atomic E-state index is -0.500. The average Bonchev–Trinajstić information content (AvgIpc) is 1.98. The van der Waals surface area contributed by atoms with Crippen molar-refractivity contribution in [1.82, 2.24) is 4.98 Å². The molecule has 0 fully saturated rings. The summed E-state index contributed by atoms with van der Waals surface area (Å²) in [7, 11) is 0. The number of hydrogen-bond acceptors (Lipinski definition) is 3. The Bertz CT molecular complexity index is 286. The van der Waals surface area contributed by atoms with E-state index in [9.17, 15) is 4.39 Å². The van der Waals surface area contributed by atoms with Gasteiger partial charge in [0.25, 0.3) is 0 Å². The van der Waals surface area contributed by atoms with Crippen LogP contribution in [-0.4, -0.2) is 16.4 Å². The van der Waals surface area contributed by atoms with Crippen LogP contribution in [0.3, 0.4) is 0 Å². The Morgan fingerprint density at radius 3 is 3.00 bits per heavy atom. The van der Waals surface area contributed by atoms with Gasteiger partial charge < -0.3 is 5.21 Å². The summed E-state index contributed by atoms with van der Waals surface area (Å²) in [6.45, 7) is 1.59. The number of rotatable bonds is 1. The molecule has 3 nitrogen and oxygen atoms in total. The summed E-state index contributed by atoms with van der Waals surface area (Å²) < 4.78 is 12.5. The van der Waals surface area contributed by atoms with E-state index in [-0.39, 0.29) is 0 Å². The van der Waals surface area contributed by atoms with Gasteiger partial charge in [0.05, 0.1) is 6.21 Å². The molecule has 0 bridgehead atoms. The molecule has 58 valence electrons. The van der Waals surface area contributed by atoms with Crippen molar-refractivity contribution in [2.24, 2.45) is 5.16 Å². The van der Waals surface area contributed by atoms with E-state index in [1.807, 2.05) is 0 Å². The minimum absolute atomic E-state index is 0.433. The van der Waals surface area contributed by atoms with E-state index in [1.54, 1.807) is 13.0 Å². The van der Waals surface area contributed by atoms with Crippen molar-refractivity contribution in [1.29, 1.82) is 0 Å². The molecule has 1 aromatic heterocycles. The van der Waals surface area contributed by atoms with Crippen LogP contribution in [0, 0.1) is 12.9 Å². The van der Waals surface area contributed by atoms with Crippen LogP contribution in [0.4, 0.5) is 4.39 Å². The van der Waals surface area contributed by atoms with Crippen LogP contribution in [0.1, 0.15) is 11.1 Å². The number of hydrogen-bond donors (Lipinski definition) is 1. The Balaban J connectivity index is 3.05. The van der Waals surface area contributed by atoms with Gasteiger partial charge in [0, 0.05) is 17.3 Å². The minimum Gasteiger partial charge on any atom is -0.411 e. The molecule has 1 heterocycles. The normalized spacial score (nSPS) is 10.7. The second-order valence-corrected chi connectivity index (χ2v) is 2.12. The molecule has 1 N–H and O–H groups in total. The number of aromatic nitrogens is 1. The molecule has 0 saturated heterocycles. The average molecular weight is 154 g/mol. The molecule has 1 rings (SSSR count). The summed E-state index contributed by atoms with van der Waals surface area (Å²) in [4.78, 5) is 3.43. The van der Waals surface area contributed by atoms with Gasteiger partial charge in [0.1, 0.15) is 0 Å². The third-order valence-electron chi connectivity index (χ3n) is 1.24. The van der Waals surface area contributed by atoms with E-state index in [0.29, 0.717) is 11.1 Å². The van der Waals surface area contributed by atoms with Crippen molar-refractivity contribution in [3.8, 4) is 0 Å². The molecular weight excluding hydrogens is 147 g/mol. The molecule has 0 aliphatic carbocycles. The standard InChI is InChI=1S/C7H7FN2O/c1-5-2-6(4-10-11)3-9-7(5)8/h2-4,11H,1H3. The van der Waals surface area contributed by atoms with Crippen molar-refractivity contribution >= 4 is 6.21 Å². The maximum absolute atomic E-state index is 12.5. The number of halogens is 1. The van der Waals surface area contributed by atoms with Crippen molar-refractivity contribution in [3.63, 3.8) is 0 Å². The van der Waals surface area contributed by atoms with Crippen LogP contribution in [0.15, 0.2) is 17.4 Å². The van der Waals surface area contributed by atoms with Crippen LogP contribution in [0.5, 0.6) is 0 Å². The summed E-state index contributed by atoms with van der Waals surface area (Å²) >= 11 is 0. The van der Waals surface area contributed by atoms with Gasteiger partial charge in [-0.2, -0.15) is 4.39 Å². The van der Waals surface area contributed by atoms with Gasteiger partial charge in [-0.1, -0.05) is 5.16 Å². The lowest BCUT2D eigenvalue weighted by molar-refractivity contribution is 0.322. The summed E-state index contributed by atoms with van der Waals surface area (Å²) in [5.74, 6) is -0.500. The molecule has 0 unspecified atom stereocenters. The lowest BCUT2D eigenvalue weighted by atomic mass is 10.2. The van der Waals surface area contributed by atoms with Gasteiger partial charge in [-0.25, -0.2) is 4.98 Å². The second kappa shape index (κ2) is 3.09.